The topological polar surface area (TPSA) is 26.0 Å². The highest BCUT2D eigenvalue weighted by molar-refractivity contribution is 9.10. The van der Waals surface area contributed by atoms with Crippen molar-refractivity contribution in [2.45, 2.75) is 6.04 Å². The molecule has 0 aliphatic rings. The molecule has 100 valence electrons. The molecule has 0 aliphatic carbocycles. The highest BCUT2D eigenvalue weighted by atomic mass is 79.9. The van der Waals surface area contributed by atoms with Gasteiger partial charge in [-0.05, 0) is 40.1 Å². The first-order chi connectivity index (χ1) is 9.66. The summed E-state index contributed by atoms with van der Waals surface area (Å²) in [5.41, 5.74) is 8.60. The van der Waals surface area contributed by atoms with Gasteiger partial charge in [0.1, 0.15) is 0 Å². The van der Waals surface area contributed by atoms with Crippen molar-refractivity contribution >= 4 is 38.3 Å². The van der Waals surface area contributed by atoms with Crippen molar-refractivity contribution in [1.82, 2.24) is 0 Å². The van der Waals surface area contributed by atoms with Crippen LogP contribution in [0.25, 0.3) is 10.8 Å². The second-order valence-electron chi connectivity index (χ2n) is 4.71. The summed E-state index contributed by atoms with van der Waals surface area (Å²) in [6.07, 6.45) is 0. The third-order valence-electron chi connectivity index (χ3n) is 3.47. The van der Waals surface area contributed by atoms with Crippen molar-refractivity contribution in [2.75, 3.05) is 0 Å². The Morgan fingerprint density at radius 1 is 0.850 bits per heavy atom. The first-order valence-corrected chi connectivity index (χ1v) is 7.52. The Morgan fingerprint density at radius 2 is 1.50 bits per heavy atom. The molecule has 3 aromatic rings. The molecule has 3 rings (SSSR count). The van der Waals surface area contributed by atoms with Gasteiger partial charge in [-0.1, -0.05) is 70.0 Å². The van der Waals surface area contributed by atoms with E-state index >= 15 is 0 Å². The SMILES string of the molecule is NC(c1ccc(Cl)cc1)c1ccc(Br)c2ccccc12. The quantitative estimate of drug-likeness (QED) is 0.669. The molecular formula is C17H13BrClN. The summed E-state index contributed by atoms with van der Waals surface area (Å²) >= 11 is 9.52. The maximum atomic E-state index is 6.42. The molecule has 0 bridgehead atoms. The molecule has 2 N–H and O–H groups in total. The molecule has 3 heteroatoms. The minimum absolute atomic E-state index is 0.162. The second-order valence-corrected chi connectivity index (χ2v) is 6.00. The van der Waals surface area contributed by atoms with E-state index in [0.717, 1.165) is 20.6 Å². The number of fused-ring (bicyclic) bond motifs is 1. The van der Waals surface area contributed by atoms with Gasteiger partial charge in [0.05, 0.1) is 6.04 Å². The molecule has 0 amide bonds. The van der Waals surface area contributed by atoms with E-state index in [9.17, 15) is 0 Å². The second kappa shape index (κ2) is 5.57. The molecule has 1 atom stereocenters. The smallest absolute Gasteiger partial charge is 0.0557 e. The maximum Gasteiger partial charge on any atom is 0.0557 e. The molecule has 0 radical (unpaired) electrons. The maximum absolute atomic E-state index is 6.42. The summed E-state index contributed by atoms with van der Waals surface area (Å²) in [6, 6.07) is 19.9. The van der Waals surface area contributed by atoms with Crippen molar-refractivity contribution in [3.63, 3.8) is 0 Å². The molecule has 0 heterocycles. The van der Waals surface area contributed by atoms with Crippen molar-refractivity contribution < 1.29 is 0 Å². The number of benzene rings is 3. The van der Waals surface area contributed by atoms with Crippen molar-refractivity contribution in [3.8, 4) is 0 Å². The zero-order valence-corrected chi connectivity index (χ0v) is 13.0. The van der Waals surface area contributed by atoms with Crippen LogP contribution in [0.3, 0.4) is 0 Å². The van der Waals surface area contributed by atoms with Crippen LogP contribution in [-0.2, 0) is 0 Å². The number of halogens is 2. The zero-order valence-electron chi connectivity index (χ0n) is 10.7. The largest absolute Gasteiger partial charge is 0.320 e. The average molecular weight is 347 g/mol. The number of hydrogen-bond acceptors (Lipinski definition) is 1. The predicted octanol–water partition coefficient (Wildman–Crippen LogP) is 5.30. The Balaban J connectivity index is 2.14. The Morgan fingerprint density at radius 3 is 2.20 bits per heavy atom. The van der Waals surface area contributed by atoms with Crippen LogP contribution < -0.4 is 5.73 Å². The van der Waals surface area contributed by atoms with Gasteiger partial charge in [-0.2, -0.15) is 0 Å². The molecule has 0 spiro atoms. The number of rotatable bonds is 2. The van der Waals surface area contributed by atoms with E-state index in [0.29, 0.717) is 0 Å². The monoisotopic (exact) mass is 345 g/mol. The lowest BCUT2D eigenvalue weighted by molar-refractivity contribution is 0.880. The summed E-state index contributed by atoms with van der Waals surface area (Å²) in [6.45, 7) is 0. The van der Waals surface area contributed by atoms with Crippen LogP contribution >= 0.6 is 27.5 Å². The fourth-order valence-electron chi connectivity index (χ4n) is 2.41. The molecule has 3 aromatic carbocycles. The summed E-state index contributed by atoms with van der Waals surface area (Å²) < 4.78 is 1.08. The molecular weight excluding hydrogens is 334 g/mol. The Labute approximate surface area is 131 Å². The van der Waals surface area contributed by atoms with Gasteiger partial charge in [-0.3, -0.25) is 0 Å². The Hall–Kier alpha value is -1.35. The first kappa shape index (κ1) is 13.6. The third-order valence-corrected chi connectivity index (χ3v) is 4.41. The van der Waals surface area contributed by atoms with Crippen LogP contribution in [0.1, 0.15) is 17.2 Å². The van der Waals surface area contributed by atoms with Crippen LogP contribution in [0, 0.1) is 0 Å². The van der Waals surface area contributed by atoms with Gasteiger partial charge in [0, 0.05) is 9.50 Å². The molecule has 1 unspecified atom stereocenters. The lowest BCUT2D eigenvalue weighted by atomic mass is 9.94. The molecule has 0 saturated heterocycles. The highest BCUT2D eigenvalue weighted by Gasteiger charge is 2.13. The Bertz CT molecular complexity index is 753. The zero-order chi connectivity index (χ0) is 14.1. The Kier molecular flexibility index (Phi) is 3.79. The van der Waals surface area contributed by atoms with Gasteiger partial charge in [-0.25, -0.2) is 0 Å². The van der Waals surface area contributed by atoms with Crippen LogP contribution in [0.5, 0.6) is 0 Å². The molecule has 0 fully saturated rings. The van der Waals surface area contributed by atoms with E-state index < -0.39 is 0 Å². The normalized spacial score (nSPS) is 12.6. The average Bonchev–Trinajstić information content (AvgIpc) is 2.48. The van der Waals surface area contributed by atoms with Gasteiger partial charge in [0.25, 0.3) is 0 Å². The fraction of sp³-hybridized carbons (Fsp3) is 0.0588. The van der Waals surface area contributed by atoms with E-state index in [1.165, 1.54) is 10.8 Å². The van der Waals surface area contributed by atoms with E-state index in [-0.39, 0.29) is 6.04 Å². The lowest BCUT2D eigenvalue weighted by Gasteiger charge is -2.16. The summed E-state index contributed by atoms with van der Waals surface area (Å²) in [7, 11) is 0. The molecule has 0 aromatic heterocycles. The van der Waals surface area contributed by atoms with E-state index in [1.54, 1.807) is 0 Å². The van der Waals surface area contributed by atoms with Gasteiger partial charge >= 0.3 is 0 Å². The standard InChI is InChI=1S/C17H13BrClN/c18-16-10-9-15(13-3-1-2-4-14(13)16)17(20)11-5-7-12(19)8-6-11/h1-10,17H,20H2. The molecule has 0 aliphatic heterocycles. The van der Waals surface area contributed by atoms with Crippen LogP contribution in [0.4, 0.5) is 0 Å². The molecule has 20 heavy (non-hydrogen) atoms. The fourth-order valence-corrected chi connectivity index (χ4v) is 3.01. The summed E-state index contributed by atoms with van der Waals surface area (Å²) in [4.78, 5) is 0. The lowest BCUT2D eigenvalue weighted by Crippen LogP contribution is -2.12. The van der Waals surface area contributed by atoms with Crippen LogP contribution in [0.2, 0.25) is 5.02 Å². The van der Waals surface area contributed by atoms with E-state index in [1.807, 2.05) is 42.5 Å². The molecule has 1 nitrogen and oxygen atoms in total. The predicted molar refractivity (Wildman–Crippen MR) is 89.1 cm³/mol. The highest BCUT2D eigenvalue weighted by Crippen LogP contribution is 2.32. The number of nitrogens with two attached hydrogens (primary N) is 1. The van der Waals surface area contributed by atoms with Crippen molar-refractivity contribution in [1.29, 1.82) is 0 Å². The van der Waals surface area contributed by atoms with Crippen molar-refractivity contribution in [2.24, 2.45) is 5.73 Å². The van der Waals surface area contributed by atoms with Crippen LogP contribution in [0.15, 0.2) is 65.1 Å². The summed E-state index contributed by atoms with van der Waals surface area (Å²) in [5.74, 6) is 0. The molecule has 0 saturated carbocycles. The van der Waals surface area contributed by atoms with Gasteiger partial charge in [0.2, 0.25) is 0 Å². The minimum atomic E-state index is -0.162. The van der Waals surface area contributed by atoms with E-state index in [2.05, 4.69) is 34.1 Å². The first-order valence-electron chi connectivity index (χ1n) is 6.35. The number of hydrogen-bond donors (Lipinski definition) is 1. The van der Waals surface area contributed by atoms with Gasteiger partial charge in [0.15, 0.2) is 0 Å². The summed E-state index contributed by atoms with van der Waals surface area (Å²) in [5, 5.41) is 3.07. The van der Waals surface area contributed by atoms with Gasteiger partial charge in [-0.15, -0.1) is 0 Å². The third kappa shape index (κ3) is 2.47. The minimum Gasteiger partial charge on any atom is -0.320 e. The van der Waals surface area contributed by atoms with Gasteiger partial charge < -0.3 is 5.73 Å². The van der Waals surface area contributed by atoms with Crippen LogP contribution in [-0.4, -0.2) is 0 Å². The van der Waals surface area contributed by atoms with Crippen molar-refractivity contribution in [3.05, 3.63) is 81.3 Å². The van der Waals surface area contributed by atoms with E-state index in [4.69, 9.17) is 17.3 Å².